The molecule has 1 unspecified atom stereocenters. The van der Waals surface area contributed by atoms with Gasteiger partial charge in [0, 0.05) is 49.4 Å². The number of ether oxygens (including phenoxy) is 1. The van der Waals surface area contributed by atoms with Crippen molar-refractivity contribution in [2.45, 2.75) is 12.0 Å². The van der Waals surface area contributed by atoms with Crippen LogP contribution in [0.4, 0.5) is 4.79 Å². The number of amidine groups is 1. The van der Waals surface area contributed by atoms with E-state index in [1.54, 1.807) is 36.3 Å². The minimum atomic E-state index is -1.57. The number of amides is 4. The van der Waals surface area contributed by atoms with E-state index < -0.39 is 17.5 Å². The Kier molecular flexibility index (Phi) is 6.78. The lowest BCUT2D eigenvalue weighted by Gasteiger charge is -2.34. The third-order valence-electron chi connectivity index (χ3n) is 7.25. The fourth-order valence-electron chi connectivity index (χ4n) is 4.91. The SMILES string of the molecule is COc1ccc2c(c1)CCN(CC1(C#Cc3ccc(C(=N)N4CCN(C)CC4)cc3)NC(=O)NC1=O)C2=O. The Morgan fingerprint density at radius 3 is 2.45 bits per heavy atom. The number of hydrogen-bond acceptors (Lipinski definition) is 6. The molecule has 0 bridgehead atoms. The summed E-state index contributed by atoms with van der Waals surface area (Å²) in [6.45, 7) is 3.76. The zero-order chi connectivity index (χ0) is 26.9. The highest BCUT2D eigenvalue weighted by Crippen LogP contribution is 2.25. The van der Waals surface area contributed by atoms with Crippen molar-refractivity contribution in [2.24, 2.45) is 0 Å². The first kappa shape index (κ1) is 25.3. The molecule has 3 N–H and O–H groups in total. The predicted molar refractivity (Wildman–Crippen MR) is 141 cm³/mol. The smallest absolute Gasteiger partial charge is 0.323 e. The Morgan fingerprint density at radius 2 is 1.79 bits per heavy atom. The summed E-state index contributed by atoms with van der Waals surface area (Å²) in [7, 11) is 3.65. The Labute approximate surface area is 221 Å². The van der Waals surface area contributed by atoms with Gasteiger partial charge in [0.15, 0.2) is 0 Å². The van der Waals surface area contributed by atoms with Crippen LogP contribution in [0.3, 0.4) is 0 Å². The first-order chi connectivity index (χ1) is 18.3. The van der Waals surface area contributed by atoms with E-state index in [9.17, 15) is 14.4 Å². The molecule has 10 heteroatoms. The van der Waals surface area contributed by atoms with Gasteiger partial charge in [0.1, 0.15) is 11.6 Å². The highest BCUT2D eigenvalue weighted by atomic mass is 16.5. The summed E-state index contributed by atoms with van der Waals surface area (Å²) in [4.78, 5) is 44.1. The molecule has 3 heterocycles. The van der Waals surface area contributed by atoms with Gasteiger partial charge in [-0.15, -0.1) is 0 Å². The molecule has 1 atom stereocenters. The number of carbonyl (C=O) groups excluding carboxylic acids is 3. The van der Waals surface area contributed by atoms with Crippen molar-refractivity contribution in [2.75, 3.05) is 53.4 Å². The van der Waals surface area contributed by atoms with Crippen LogP contribution in [0.5, 0.6) is 5.75 Å². The van der Waals surface area contributed by atoms with E-state index >= 15 is 0 Å². The average Bonchev–Trinajstić information content (AvgIpc) is 3.21. The molecule has 10 nitrogen and oxygen atoms in total. The number of nitrogens with one attached hydrogen (secondary N) is 3. The molecule has 3 aliphatic rings. The van der Waals surface area contributed by atoms with Crippen molar-refractivity contribution < 1.29 is 19.1 Å². The fraction of sp³-hybridized carbons (Fsp3) is 0.357. The highest BCUT2D eigenvalue weighted by Gasteiger charge is 2.47. The number of benzene rings is 2. The van der Waals surface area contributed by atoms with Crippen molar-refractivity contribution >= 4 is 23.7 Å². The highest BCUT2D eigenvalue weighted by molar-refractivity contribution is 6.10. The summed E-state index contributed by atoms with van der Waals surface area (Å²) in [5.74, 6) is 6.28. The van der Waals surface area contributed by atoms with Crippen LogP contribution in [-0.2, 0) is 11.2 Å². The number of hydrogen-bond donors (Lipinski definition) is 3. The van der Waals surface area contributed by atoms with Crippen molar-refractivity contribution in [3.05, 3.63) is 64.7 Å². The van der Waals surface area contributed by atoms with Crippen molar-refractivity contribution in [1.82, 2.24) is 25.3 Å². The summed E-state index contributed by atoms with van der Waals surface area (Å²) in [6, 6.07) is 11.9. The number of methoxy groups -OCH3 is 1. The molecule has 2 fully saturated rings. The van der Waals surface area contributed by atoms with Crippen LogP contribution in [0.25, 0.3) is 0 Å². The van der Waals surface area contributed by atoms with Gasteiger partial charge >= 0.3 is 6.03 Å². The van der Waals surface area contributed by atoms with E-state index in [2.05, 4.69) is 39.3 Å². The molecular weight excluding hydrogens is 484 g/mol. The van der Waals surface area contributed by atoms with E-state index in [1.165, 1.54) is 0 Å². The van der Waals surface area contributed by atoms with Gasteiger partial charge in [0.05, 0.1) is 13.7 Å². The molecule has 0 aliphatic carbocycles. The van der Waals surface area contributed by atoms with E-state index in [0.29, 0.717) is 35.7 Å². The molecule has 0 saturated carbocycles. The zero-order valence-corrected chi connectivity index (χ0v) is 21.5. The molecule has 2 aromatic carbocycles. The lowest BCUT2D eigenvalue weighted by atomic mass is 9.94. The second-order valence-electron chi connectivity index (χ2n) is 9.78. The van der Waals surface area contributed by atoms with E-state index in [-0.39, 0.29) is 12.5 Å². The molecule has 0 radical (unpaired) electrons. The summed E-state index contributed by atoms with van der Waals surface area (Å²) in [6.07, 6.45) is 0.595. The number of likely N-dealkylation sites (N-methyl/N-ethyl adjacent to an activating group) is 1. The largest absolute Gasteiger partial charge is 0.497 e. The Balaban J connectivity index is 1.34. The maximum absolute atomic E-state index is 13.2. The summed E-state index contributed by atoms with van der Waals surface area (Å²) < 4.78 is 5.26. The molecule has 3 aliphatic heterocycles. The first-order valence-electron chi connectivity index (χ1n) is 12.5. The molecule has 2 saturated heterocycles. The van der Waals surface area contributed by atoms with Gasteiger partial charge < -0.3 is 24.8 Å². The third-order valence-corrected chi connectivity index (χ3v) is 7.25. The van der Waals surface area contributed by atoms with E-state index in [0.717, 1.165) is 37.3 Å². The van der Waals surface area contributed by atoms with Gasteiger partial charge in [0.25, 0.3) is 11.8 Å². The monoisotopic (exact) mass is 514 g/mol. The number of carbonyl (C=O) groups is 3. The maximum Gasteiger partial charge on any atom is 0.323 e. The van der Waals surface area contributed by atoms with Gasteiger partial charge in [-0.3, -0.25) is 20.3 Å². The molecular formula is C28H30N6O4. The lowest BCUT2D eigenvalue weighted by Crippen LogP contribution is -2.56. The quantitative estimate of drug-likeness (QED) is 0.242. The topological polar surface area (TPSA) is 118 Å². The van der Waals surface area contributed by atoms with Crippen LogP contribution < -0.4 is 15.4 Å². The standard InChI is InChI=1S/C28H30N6O4/c1-32-13-15-33(16-14-32)24(29)20-5-3-19(4-6-20)9-11-28(26(36)30-27(37)31-28)18-34-12-10-21-17-22(38-2)7-8-23(21)25(34)35/h3-8,17,29H,10,12-16,18H2,1-2H3,(H2,30,31,36,37). The maximum atomic E-state index is 13.2. The van der Waals surface area contributed by atoms with Gasteiger partial charge in [0.2, 0.25) is 5.54 Å². The van der Waals surface area contributed by atoms with Crippen LogP contribution in [0.2, 0.25) is 0 Å². The zero-order valence-electron chi connectivity index (χ0n) is 21.5. The van der Waals surface area contributed by atoms with Gasteiger partial charge in [-0.1, -0.05) is 24.0 Å². The van der Waals surface area contributed by atoms with Crippen LogP contribution in [0.15, 0.2) is 42.5 Å². The summed E-state index contributed by atoms with van der Waals surface area (Å²) in [5, 5.41) is 13.4. The summed E-state index contributed by atoms with van der Waals surface area (Å²) in [5.41, 5.74) is 1.28. The van der Waals surface area contributed by atoms with Crippen LogP contribution in [0.1, 0.15) is 27.0 Å². The number of nitrogens with zero attached hydrogens (tertiary/aromatic N) is 3. The number of imide groups is 1. The molecule has 5 rings (SSSR count). The number of piperazine rings is 1. The van der Waals surface area contributed by atoms with Crippen molar-refractivity contribution in [3.63, 3.8) is 0 Å². The number of rotatable bonds is 4. The Bertz CT molecular complexity index is 1350. The first-order valence-corrected chi connectivity index (χ1v) is 12.5. The Hall–Kier alpha value is -4.36. The average molecular weight is 515 g/mol. The fourth-order valence-corrected chi connectivity index (χ4v) is 4.91. The molecule has 196 valence electrons. The van der Waals surface area contributed by atoms with Crippen LogP contribution in [0, 0.1) is 17.3 Å². The van der Waals surface area contributed by atoms with Gasteiger partial charge in [-0.05, 0) is 49.4 Å². The lowest BCUT2D eigenvalue weighted by molar-refractivity contribution is -0.122. The molecule has 0 spiro atoms. The third kappa shape index (κ3) is 4.93. The van der Waals surface area contributed by atoms with Gasteiger partial charge in [-0.25, -0.2) is 4.79 Å². The second-order valence-corrected chi connectivity index (χ2v) is 9.78. The normalized spacial score (nSPS) is 21.3. The van der Waals surface area contributed by atoms with Gasteiger partial charge in [-0.2, -0.15) is 0 Å². The number of fused-ring (bicyclic) bond motifs is 1. The Morgan fingerprint density at radius 1 is 1.05 bits per heavy atom. The molecule has 38 heavy (non-hydrogen) atoms. The summed E-state index contributed by atoms with van der Waals surface area (Å²) >= 11 is 0. The minimum Gasteiger partial charge on any atom is -0.497 e. The van der Waals surface area contributed by atoms with E-state index in [1.807, 2.05) is 18.2 Å². The van der Waals surface area contributed by atoms with Crippen molar-refractivity contribution in [3.8, 4) is 17.6 Å². The predicted octanol–water partition coefficient (Wildman–Crippen LogP) is 0.896. The van der Waals surface area contributed by atoms with E-state index in [4.69, 9.17) is 10.1 Å². The van der Waals surface area contributed by atoms with Crippen molar-refractivity contribution in [1.29, 1.82) is 5.41 Å². The van der Waals surface area contributed by atoms with Crippen LogP contribution >= 0.6 is 0 Å². The molecule has 2 aromatic rings. The second kappa shape index (κ2) is 10.2. The molecule has 4 amide bonds. The minimum absolute atomic E-state index is 0.0754. The van der Waals surface area contributed by atoms with Crippen LogP contribution in [-0.4, -0.2) is 97.3 Å². The number of urea groups is 1. The molecule has 0 aromatic heterocycles.